The van der Waals surface area contributed by atoms with E-state index in [0.29, 0.717) is 17.8 Å². The number of nitrogens with one attached hydrogen (secondary N) is 2. The summed E-state index contributed by atoms with van der Waals surface area (Å²) in [5, 5.41) is 2.88. The van der Waals surface area contributed by atoms with E-state index in [9.17, 15) is 9.59 Å². The Balaban J connectivity index is 1.87. The summed E-state index contributed by atoms with van der Waals surface area (Å²) in [7, 11) is 5.42. The maximum absolute atomic E-state index is 12.2. The van der Waals surface area contributed by atoms with Crippen LogP contribution in [0.25, 0.3) is 0 Å². The predicted molar refractivity (Wildman–Crippen MR) is 99.7 cm³/mol. The van der Waals surface area contributed by atoms with Gasteiger partial charge < -0.3 is 15.1 Å². The Morgan fingerprint density at radius 2 is 1.60 bits per heavy atom. The molecule has 0 saturated heterocycles. The minimum absolute atomic E-state index is 0.0451. The molecule has 2 rings (SSSR count). The molecular weight excluding hydrogens is 314 g/mol. The van der Waals surface area contributed by atoms with Gasteiger partial charge in [0, 0.05) is 30.9 Å². The van der Waals surface area contributed by atoms with Crippen molar-refractivity contribution in [3.05, 3.63) is 65.2 Å². The van der Waals surface area contributed by atoms with Crippen LogP contribution < -0.4 is 10.2 Å². The molecule has 5 nitrogen and oxygen atoms in total. The molecule has 0 radical (unpaired) electrons. The van der Waals surface area contributed by atoms with Crippen LogP contribution in [0.15, 0.2) is 48.5 Å². The third-order valence-corrected chi connectivity index (χ3v) is 3.91. The van der Waals surface area contributed by atoms with Gasteiger partial charge in [-0.05, 0) is 31.2 Å². The van der Waals surface area contributed by atoms with E-state index in [1.54, 1.807) is 38.4 Å². The van der Waals surface area contributed by atoms with Crippen molar-refractivity contribution in [3.8, 4) is 0 Å². The molecule has 0 spiro atoms. The summed E-state index contributed by atoms with van der Waals surface area (Å²) in [4.78, 5) is 26.7. The van der Waals surface area contributed by atoms with Crippen molar-refractivity contribution in [2.45, 2.75) is 13.5 Å². The molecule has 2 aromatic rings. The fourth-order valence-electron chi connectivity index (χ4n) is 2.55. The van der Waals surface area contributed by atoms with Crippen molar-refractivity contribution in [3.63, 3.8) is 0 Å². The lowest BCUT2D eigenvalue weighted by atomic mass is 10.1. The smallest absolute Gasteiger partial charge is 0.279 e. The Morgan fingerprint density at radius 1 is 1.00 bits per heavy atom. The zero-order chi connectivity index (χ0) is 18.4. The molecule has 0 fully saturated rings. The highest BCUT2D eigenvalue weighted by Crippen LogP contribution is 2.10. The van der Waals surface area contributed by atoms with E-state index < -0.39 is 0 Å². The van der Waals surface area contributed by atoms with Crippen LogP contribution in [-0.2, 0) is 11.3 Å². The first-order valence-electron chi connectivity index (χ1n) is 8.33. The van der Waals surface area contributed by atoms with E-state index in [-0.39, 0.29) is 11.8 Å². The topological polar surface area (TPSA) is 53.9 Å². The lowest BCUT2D eigenvalue weighted by molar-refractivity contribution is -0.885. The molecular formula is C20H26N3O2+. The highest BCUT2D eigenvalue weighted by molar-refractivity contribution is 5.95. The fraction of sp³-hybridized carbons (Fsp3) is 0.300. The van der Waals surface area contributed by atoms with Crippen LogP contribution in [-0.4, -0.2) is 44.4 Å². The van der Waals surface area contributed by atoms with Crippen LogP contribution >= 0.6 is 0 Å². The Bertz CT molecular complexity index is 722. The lowest BCUT2D eigenvalue weighted by Crippen LogP contribution is -3.08. The lowest BCUT2D eigenvalue weighted by Gasteiger charge is -2.14. The summed E-state index contributed by atoms with van der Waals surface area (Å²) in [5.74, 6) is -0.101. The standard InChI is InChI=1S/C20H25N3O2/c1-15-5-7-16(8-6-15)13-23(4)14-19(24)21-18-11-9-17(10-12-18)20(25)22(2)3/h5-12H,13-14H2,1-4H3,(H,21,24)/p+1. The number of carbonyl (C=O) groups excluding carboxylic acids is 2. The van der Waals surface area contributed by atoms with Gasteiger partial charge >= 0.3 is 0 Å². The minimum atomic E-state index is -0.0554. The summed E-state index contributed by atoms with van der Waals surface area (Å²) < 4.78 is 0. The number of rotatable bonds is 6. The van der Waals surface area contributed by atoms with Crippen molar-refractivity contribution in [1.82, 2.24) is 4.90 Å². The number of anilines is 1. The van der Waals surface area contributed by atoms with Gasteiger partial charge in [0.2, 0.25) is 0 Å². The highest BCUT2D eigenvalue weighted by Gasteiger charge is 2.12. The van der Waals surface area contributed by atoms with Crippen molar-refractivity contribution in [2.24, 2.45) is 0 Å². The minimum Gasteiger partial charge on any atom is -0.345 e. The fourth-order valence-corrected chi connectivity index (χ4v) is 2.55. The number of amides is 2. The van der Waals surface area contributed by atoms with Gasteiger partial charge in [0.15, 0.2) is 6.54 Å². The second-order valence-corrected chi connectivity index (χ2v) is 6.62. The van der Waals surface area contributed by atoms with Crippen molar-refractivity contribution in [2.75, 3.05) is 33.0 Å². The van der Waals surface area contributed by atoms with Gasteiger partial charge in [-0.2, -0.15) is 0 Å². The molecule has 2 aromatic carbocycles. The van der Waals surface area contributed by atoms with Crippen LogP contribution in [0.3, 0.4) is 0 Å². The van der Waals surface area contributed by atoms with E-state index in [1.807, 2.05) is 7.05 Å². The number of quaternary nitrogens is 1. The number of likely N-dealkylation sites (N-methyl/N-ethyl adjacent to an activating group) is 1. The Kier molecular flexibility index (Phi) is 6.31. The third kappa shape index (κ3) is 5.72. The van der Waals surface area contributed by atoms with Gasteiger partial charge in [-0.1, -0.05) is 29.8 Å². The molecule has 2 N–H and O–H groups in total. The van der Waals surface area contributed by atoms with Crippen molar-refractivity contribution in [1.29, 1.82) is 0 Å². The zero-order valence-corrected chi connectivity index (χ0v) is 15.3. The Hall–Kier alpha value is -2.66. The summed E-state index contributed by atoms with van der Waals surface area (Å²) >= 11 is 0. The number of carbonyl (C=O) groups is 2. The van der Waals surface area contributed by atoms with Crippen LogP contribution in [0.2, 0.25) is 0 Å². The maximum Gasteiger partial charge on any atom is 0.279 e. The Morgan fingerprint density at radius 3 is 2.16 bits per heavy atom. The molecule has 0 aliphatic carbocycles. The molecule has 132 valence electrons. The molecule has 0 aromatic heterocycles. The highest BCUT2D eigenvalue weighted by atomic mass is 16.2. The van der Waals surface area contributed by atoms with Gasteiger partial charge in [0.25, 0.3) is 11.8 Å². The van der Waals surface area contributed by atoms with E-state index >= 15 is 0 Å². The largest absolute Gasteiger partial charge is 0.345 e. The maximum atomic E-state index is 12.2. The van der Waals surface area contributed by atoms with E-state index in [2.05, 4.69) is 36.5 Å². The number of hydrogen-bond donors (Lipinski definition) is 2. The summed E-state index contributed by atoms with van der Waals surface area (Å²) in [6, 6.07) is 15.3. The Labute approximate surface area is 149 Å². The molecule has 0 bridgehead atoms. The summed E-state index contributed by atoms with van der Waals surface area (Å²) in [6.07, 6.45) is 0. The molecule has 0 heterocycles. The van der Waals surface area contributed by atoms with Gasteiger partial charge in [0.1, 0.15) is 6.54 Å². The number of aryl methyl sites for hydroxylation is 1. The SMILES string of the molecule is Cc1ccc(C[NH+](C)CC(=O)Nc2ccc(C(=O)N(C)C)cc2)cc1. The molecule has 5 heteroatoms. The summed E-state index contributed by atoms with van der Waals surface area (Å²) in [6.45, 7) is 3.24. The van der Waals surface area contributed by atoms with Crippen LogP contribution in [0.4, 0.5) is 5.69 Å². The number of nitrogens with zero attached hydrogens (tertiary/aromatic N) is 1. The van der Waals surface area contributed by atoms with E-state index in [4.69, 9.17) is 0 Å². The van der Waals surface area contributed by atoms with Crippen LogP contribution in [0, 0.1) is 6.92 Å². The number of benzene rings is 2. The summed E-state index contributed by atoms with van der Waals surface area (Å²) in [5.41, 5.74) is 3.74. The van der Waals surface area contributed by atoms with Gasteiger partial charge in [-0.15, -0.1) is 0 Å². The van der Waals surface area contributed by atoms with Crippen molar-refractivity contribution >= 4 is 17.5 Å². The average molecular weight is 340 g/mol. The monoisotopic (exact) mass is 340 g/mol. The molecule has 1 atom stereocenters. The second kappa shape index (κ2) is 8.44. The third-order valence-electron chi connectivity index (χ3n) is 3.91. The first-order chi connectivity index (χ1) is 11.8. The first-order valence-corrected chi connectivity index (χ1v) is 8.33. The second-order valence-electron chi connectivity index (χ2n) is 6.62. The molecule has 1 unspecified atom stereocenters. The van der Waals surface area contributed by atoms with Crippen LogP contribution in [0.1, 0.15) is 21.5 Å². The molecule has 25 heavy (non-hydrogen) atoms. The molecule has 2 amide bonds. The average Bonchev–Trinajstić information content (AvgIpc) is 2.56. The predicted octanol–water partition coefficient (Wildman–Crippen LogP) is 1.35. The van der Waals surface area contributed by atoms with E-state index in [0.717, 1.165) is 11.4 Å². The van der Waals surface area contributed by atoms with Gasteiger partial charge in [0.05, 0.1) is 7.05 Å². The van der Waals surface area contributed by atoms with Gasteiger partial charge in [-0.25, -0.2) is 0 Å². The van der Waals surface area contributed by atoms with Crippen molar-refractivity contribution < 1.29 is 14.5 Å². The molecule has 0 aliphatic heterocycles. The van der Waals surface area contributed by atoms with E-state index in [1.165, 1.54) is 16.0 Å². The molecule has 0 saturated carbocycles. The first kappa shape index (κ1) is 18.7. The normalized spacial score (nSPS) is 11.7. The number of hydrogen-bond acceptors (Lipinski definition) is 2. The quantitative estimate of drug-likeness (QED) is 0.834. The van der Waals surface area contributed by atoms with Crippen LogP contribution in [0.5, 0.6) is 0 Å². The molecule has 0 aliphatic rings. The zero-order valence-electron chi connectivity index (χ0n) is 15.3. The van der Waals surface area contributed by atoms with Gasteiger partial charge in [-0.3, -0.25) is 9.59 Å².